The SMILES string of the molecule is COC(C)(C)c1nnc2n1C[C@@H](c1cccc(F)c1F)CC[C@@H]2CC(=O)N1CCC2(CC1)C(=O)Nc1ncccc12. The Morgan fingerprint density at radius 1 is 1.15 bits per heavy atom. The molecular formula is C30H34F2N6O3. The average molecular weight is 565 g/mol. The fourth-order valence-corrected chi connectivity index (χ4v) is 6.67. The zero-order valence-electron chi connectivity index (χ0n) is 23.5. The minimum atomic E-state index is -0.878. The molecule has 1 spiro atoms. The fourth-order valence-electron chi connectivity index (χ4n) is 6.67. The third-order valence-electron chi connectivity index (χ3n) is 9.26. The number of hydrogen-bond donors (Lipinski definition) is 1. The average Bonchev–Trinajstić information content (AvgIpc) is 3.45. The van der Waals surface area contributed by atoms with E-state index in [1.165, 1.54) is 6.07 Å². The first-order valence-electron chi connectivity index (χ1n) is 14.1. The molecule has 1 fully saturated rings. The van der Waals surface area contributed by atoms with Gasteiger partial charge in [-0.15, -0.1) is 10.2 Å². The summed E-state index contributed by atoms with van der Waals surface area (Å²) in [6.07, 6.45) is 4.04. The highest BCUT2D eigenvalue weighted by Crippen LogP contribution is 2.44. The van der Waals surface area contributed by atoms with Crippen LogP contribution in [-0.2, 0) is 31.9 Å². The van der Waals surface area contributed by atoms with E-state index in [0.717, 1.165) is 11.6 Å². The van der Waals surface area contributed by atoms with Gasteiger partial charge in [0.1, 0.15) is 17.2 Å². The van der Waals surface area contributed by atoms with Gasteiger partial charge in [-0.3, -0.25) is 9.59 Å². The topological polar surface area (TPSA) is 102 Å². The van der Waals surface area contributed by atoms with Gasteiger partial charge < -0.3 is 19.5 Å². The number of aromatic nitrogens is 4. The number of amides is 2. The minimum Gasteiger partial charge on any atom is -0.371 e. The zero-order chi connectivity index (χ0) is 28.9. The van der Waals surface area contributed by atoms with Gasteiger partial charge in [-0.2, -0.15) is 0 Å². The van der Waals surface area contributed by atoms with Gasteiger partial charge in [0.2, 0.25) is 11.8 Å². The predicted molar refractivity (Wildman–Crippen MR) is 146 cm³/mol. The number of halogens is 2. The second kappa shape index (κ2) is 10.3. The van der Waals surface area contributed by atoms with Gasteiger partial charge in [-0.25, -0.2) is 13.8 Å². The van der Waals surface area contributed by atoms with Crippen LogP contribution in [0.1, 0.15) is 80.6 Å². The van der Waals surface area contributed by atoms with E-state index in [1.807, 2.05) is 35.4 Å². The molecule has 2 aromatic heterocycles. The van der Waals surface area contributed by atoms with Crippen molar-refractivity contribution in [2.45, 2.75) is 75.3 Å². The quantitative estimate of drug-likeness (QED) is 0.493. The van der Waals surface area contributed by atoms with Gasteiger partial charge >= 0.3 is 0 Å². The van der Waals surface area contributed by atoms with Crippen LogP contribution in [0.15, 0.2) is 36.5 Å². The van der Waals surface area contributed by atoms with Crippen molar-refractivity contribution in [2.75, 3.05) is 25.5 Å². The summed E-state index contributed by atoms with van der Waals surface area (Å²) in [4.78, 5) is 32.7. The Labute approximate surface area is 237 Å². The number of fused-ring (bicyclic) bond motifs is 3. The number of carbonyl (C=O) groups excluding carboxylic acids is 2. The van der Waals surface area contributed by atoms with Crippen molar-refractivity contribution in [1.82, 2.24) is 24.6 Å². The van der Waals surface area contributed by atoms with Crippen LogP contribution in [0.4, 0.5) is 14.6 Å². The second-order valence-corrected chi connectivity index (χ2v) is 11.8. The number of likely N-dealkylation sites (tertiary alicyclic amines) is 1. The van der Waals surface area contributed by atoms with Gasteiger partial charge in [0.15, 0.2) is 17.5 Å². The van der Waals surface area contributed by atoms with Crippen LogP contribution in [0, 0.1) is 11.6 Å². The largest absolute Gasteiger partial charge is 0.371 e. The Morgan fingerprint density at radius 3 is 2.68 bits per heavy atom. The molecule has 0 radical (unpaired) electrons. The Morgan fingerprint density at radius 2 is 1.93 bits per heavy atom. The molecule has 216 valence electrons. The minimum absolute atomic E-state index is 0.0212. The second-order valence-electron chi connectivity index (χ2n) is 11.8. The van der Waals surface area contributed by atoms with E-state index in [2.05, 4.69) is 20.5 Å². The summed E-state index contributed by atoms with van der Waals surface area (Å²) in [5.41, 5.74) is -0.226. The fraction of sp³-hybridized carbons (Fsp3) is 0.500. The van der Waals surface area contributed by atoms with Crippen LogP contribution in [0.25, 0.3) is 0 Å². The normalized spacial score (nSPS) is 21.8. The maximum atomic E-state index is 14.9. The lowest BCUT2D eigenvalue weighted by Crippen LogP contribution is -2.48. The number of nitrogens with one attached hydrogen (secondary N) is 1. The van der Waals surface area contributed by atoms with Gasteiger partial charge in [0.25, 0.3) is 0 Å². The Hall–Kier alpha value is -3.73. The monoisotopic (exact) mass is 564 g/mol. The molecule has 9 nitrogen and oxygen atoms in total. The number of benzene rings is 1. The van der Waals surface area contributed by atoms with Crippen molar-refractivity contribution in [2.24, 2.45) is 0 Å². The number of rotatable bonds is 5. The highest BCUT2D eigenvalue weighted by molar-refractivity contribution is 6.05. The van der Waals surface area contributed by atoms with E-state index in [4.69, 9.17) is 4.74 Å². The maximum absolute atomic E-state index is 14.9. The molecule has 5 heterocycles. The third-order valence-corrected chi connectivity index (χ3v) is 9.26. The molecular weight excluding hydrogens is 530 g/mol. The van der Waals surface area contributed by atoms with Crippen LogP contribution < -0.4 is 5.32 Å². The molecule has 1 N–H and O–H groups in total. The number of ether oxygens (including phenoxy) is 1. The standard InChI is InChI=1S/C30H34F2N6O3/c1-29(2,41-3)27-36-35-26-18(9-10-19(17-38(26)27)20-6-4-8-22(31)24(20)32)16-23(39)37-14-11-30(12-15-37)21-7-5-13-33-25(21)34-28(30)40/h4-8,13,18-19H,9-12,14-17H2,1-3H3,(H,33,34,40)/t18-,19+/m1/s1. The van der Waals surface area contributed by atoms with Crippen LogP contribution in [0.5, 0.6) is 0 Å². The smallest absolute Gasteiger partial charge is 0.236 e. The first kappa shape index (κ1) is 27.4. The van der Waals surface area contributed by atoms with Crippen LogP contribution in [0.2, 0.25) is 0 Å². The molecule has 3 aromatic rings. The Kier molecular flexibility index (Phi) is 6.88. The first-order valence-corrected chi connectivity index (χ1v) is 14.1. The van der Waals surface area contributed by atoms with Crippen LogP contribution in [0.3, 0.4) is 0 Å². The predicted octanol–water partition coefficient (Wildman–Crippen LogP) is 4.40. The number of pyridine rings is 1. The number of nitrogens with zero attached hydrogens (tertiary/aromatic N) is 5. The summed E-state index contributed by atoms with van der Waals surface area (Å²) < 4.78 is 36.7. The van der Waals surface area contributed by atoms with E-state index in [1.54, 1.807) is 19.4 Å². The molecule has 3 aliphatic rings. The molecule has 11 heteroatoms. The molecule has 2 atom stereocenters. The van der Waals surface area contributed by atoms with Gasteiger partial charge in [0.05, 0.1) is 5.41 Å². The summed E-state index contributed by atoms with van der Waals surface area (Å²) in [5, 5.41) is 11.8. The summed E-state index contributed by atoms with van der Waals surface area (Å²) >= 11 is 0. The number of methoxy groups -OCH3 is 1. The summed E-state index contributed by atoms with van der Waals surface area (Å²) in [6, 6.07) is 8.04. The van der Waals surface area contributed by atoms with Crippen molar-refractivity contribution in [3.63, 3.8) is 0 Å². The molecule has 0 unspecified atom stereocenters. The third kappa shape index (κ3) is 4.60. The lowest BCUT2D eigenvalue weighted by atomic mass is 9.74. The molecule has 0 saturated carbocycles. The van der Waals surface area contributed by atoms with Crippen molar-refractivity contribution < 1.29 is 23.1 Å². The van der Waals surface area contributed by atoms with E-state index >= 15 is 0 Å². The number of piperidine rings is 1. The van der Waals surface area contributed by atoms with E-state index in [0.29, 0.717) is 68.3 Å². The Balaban J connectivity index is 1.23. The zero-order valence-corrected chi connectivity index (χ0v) is 23.5. The molecule has 1 saturated heterocycles. The van der Waals surface area contributed by atoms with Crippen LogP contribution >= 0.6 is 0 Å². The summed E-state index contributed by atoms with van der Waals surface area (Å²) in [5.74, 6) is -0.538. The number of anilines is 1. The van der Waals surface area contributed by atoms with E-state index < -0.39 is 22.7 Å². The molecule has 6 rings (SSSR count). The highest BCUT2D eigenvalue weighted by atomic mass is 19.2. The molecule has 1 aromatic carbocycles. The van der Waals surface area contributed by atoms with Gasteiger partial charge in [-0.1, -0.05) is 18.2 Å². The van der Waals surface area contributed by atoms with E-state index in [-0.39, 0.29) is 30.1 Å². The molecule has 41 heavy (non-hydrogen) atoms. The van der Waals surface area contributed by atoms with E-state index in [9.17, 15) is 18.4 Å². The Bertz CT molecular complexity index is 1500. The van der Waals surface area contributed by atoms with Gasteiger partial charge in [0, 0.05) is 56.8 Å². The molecule has 0 aliphatic carbocycles. The molecule has 2 amide bonds. The lowest BCUT2D eigenvalue weighted by Gasteiger charge is -2.38. The highest BCUT2D eigenvalue weighted by Gasteiger charge is 2.49. The maximum Gasteiger partial charge on any atom is 0.236 e. The number of hydrogen-bond acceptors (Lipinski definition) is 6. The van der Waals surface area contributed by atoms with Crippen molar-refractivity contribution in [3.8, 4) is 0 Å². The van der Waals surface area contributed by atoms with Gasteiger partial charge in [-0.05, 0) is 57.2 Å². The molecule has 0 bridgehead atoms. The summed E-state index contributed by atoms with van der Waals surface area (Å²) in [6.45, 7) is 5.02. The first-order chi connectivity index (χ1) is 19.6. The number of carbonyl (C=O) groups is 2. The van der Waals surface area contributed by atoms with Crippen LogP contribution in [-0.4, -0.2) is 56.7 Å². The van der Waals surface area contributed by atoms with Crippen molar-refractivity contribution >= 4 is 17.6 Å². The lowest BCUT2D eigenvalue weighted by molar-refractivity contribution is -0.135. The van der Waals surface area contributed by atoms with Crippen molar-refractivity contribution in [1.29, 1.82) is 0 Å². The van der Waals surface area contributed by atoms with Crippen molar-refractivity contribution in [3.05, 3.63) is 70.9 Å². The molecule has 3 aliphatic heterocycles. The summed E-state index contributed by atoms with van der Waals surface area (Å²) in [7, 11) is 1.59.